The summed E-state index contributed by atoms with van der Waals surface area (Å²) >= 11 is 9.03. The zero-order chi connectivity index (χ0) is 12.5. The molecule has 1 aromatic carbocycles. The van der Waals surface area contributed by atoms with E-state index in [1.54, 1.807) is 12.1 Å². The Kier molecular flexibility index (Phi) is 3.41. The van der Waals surface area contributed by atoms with Gasteiger partial charge in [-0.3, -0.25) is 9.82 Å². The second-order valence-corrected chi connectivity index (χ2v) is 6.09. The Morgan fingerprint density at radius 3 is 2.76 bits per heavy atom. The first-order valence-corrected chi connectivity index (χ1v) is 7.12. The number of hydrogen-bond acceptors (Lipinski definition) is 3. The Morgan fingerprint density at radius 1 is 1.35 bits per heavy atom. The van der Waals surface area contributed by atoms with E-state index in [-0.39, 0.29) is 5.03 Å². The first-order valence-electron chi connectivity index (χ1n) is 4.46. The summed E-state index contributed by atoms with van der Waals surface area (Å²) in [5.74, 6) is 0. The largest absolute Gasteiger partial charge is 0.278 e. The van der Waals surface area contributed by atoms with Gasteiger partial charge in [0.15, 0.2) is 5.03 Å². The maximum Gasteiger partial charge on any atom is 0.278 e. The molecule has 0 bridgehead atoms. The molecule has 0 fully saturated rings. The van der Waals surface area contributed by atoms with Gasteiger partial charge < -0.3 is 0 Å². The van der Waals surface area contributed by atoms with Crippen LogP contribution in [0.15, 0.2) is 40.0 Å². The molecule has 17 heavy (non-hydrogen) atoms. The van der Waals surface area contributed by atoms with E-state index in [1.165, 1.54) is 18.3 Å². The van der Waals surface area contributed by atoms with Crippen LogP contribution in [0, 0.1) is 0 Å². The number of aromatic amines is 1. The van der Waals surface area contributed by atoms with Gasteiger partial charge in [-0.05, 0) is 40.2 Å². The standard InChI is InChI=1S/C9H7BrClN3O2S/c10-7-2-1-6(11)5-8(7)14-17(15,16)9-3-4-12-13-9/h1-5,14H,(H,12,13). The lowest BCUT2D eigenvalue weighted by molar-refractivity contribution is 0.597. The van der Waals surface area contributed by atoms with Crippen molar-refractivity contribution >= 4 is 43.2 Å². The molecule has 0 radical (unpaired) electrons. The van der Waals surface area contributed by atoms with Crippen LogP contribution < -0.4 is 4.72 Å². The molecule has 0 amide bonds. The maximum atomic E-state index is 11.9. The minimum absolute atomic E-state index is 0.00984. The number of nitrogens with one attached hydrogen (secondary N) is 2. The highest BCUT2D eigenvalue weighted by atomic mass is 79.9. The molecular weight excluding hydrogens is 330 g/mol. The molecule has 0 aliphatic heterocycles. The van der Waals surface area contributed by atoms with E-state index < -0.39 is 10.0 Å². The maximum absolute atomic E-state index is 11.9. The van der Waals surface area contributed by atoms with Crippen LogP contribution in [-0.4, -0.2) is 18.6 Å². The van der Waals surface area contributed by atoms with Crippen LogP contribution in [0.4, 0.5) is 5.69 Å². The SMILES string of the molecule is O=S(=O)(Nc1cc(Cl)ccc1Br)c1ccn[nH]1. The predicted octanol–water partition coefficient (Wildman–Crippen LogP) is 2.63. The Hall–Kier alpha value is -1.05. The fourth-order valence-electron chi connectivity index (χ4n) is 1.17. The summed E-state index contributed by atoms with van der Waals surface area (Å²) in [7, 11) is -3.67. The average Bonchev–Trinajstić information content (AvgIpc) is 2.77. The molecule has 2 aromatic rings. The van der Waals surface area contributed by atoms with E-state index >= 15 is 0 Å². The van der Waals surface area contributed by atoms with Gasteiger partial charge in [-0.2, -0.15) is 13.5 Å². The minimum atomic E-state index is -3.67. The minimum Gasteiger partial charge on any atom is -0.277 e. The normalized spacial score (nSPS) is 11.4. The van der Waals surface area contributed by atoms with Gasteiger partial charge in [-0.15, -0.1) is 0 Å². The summed E-state index contributed by atoms with van der Waals surface area (Å²) in [5.41, 5.74) is 0.368. The molecule has 0 aliphatic carbocycles. The molecule has 90 valence electrons. The quantitative estimate of drug-likeness (QED) is 0.905. The third-order valence-corrected chi connectivity index (χ3v) is 4.16. The van der Waals surface area contributed by atoms with Gasteiger partial charge in [0.1, 0.15) is 0 Å². The van der Waals surface area contributed by atoms with Crippen LogP contribution in [0.1, 0.15) is 0 Å². The predicted molar refractivity (Wildman–Crippen MR) is 68.5 cm³/mol. The van der Waals surface area contributed by atoms with Crippen LogP contribution in [0.3, 0.4) is 0 Å². The molecule has 8 heteroatoms. The van der Waals surface area contributed by atoms with E-state index in [2.05, 4.69) is 30.8 Å². The molecule has 0 saturated heterocycles. The monoisotopic (exact) mass is 335 g/mol. The summed E-state index contributed by atoms with van der Waals surface area (Å²) in [5, 5.41) is 6.40. The highest BCUT2D eigenvalue weighted by Crippen LogP contribution is 2.27. The van der Waals surface area contributed by atoms with Gasteiger partial charge in [0.2, 0.25) is 0 Å². The van der Waals surface area contributed by atoms with Crippen molar-refractivity contribution in [1.29, 1.82) is 0 Å². The highest BCUT2D eigenvalue weighted by Gasteiger charge is 2.16. The van der Waals surface area contributed by atoms with Crippen LogP contribution in [-0.2, 0) is 10.0 Å². The molecular formula is C9H7BrClN3O2S. The molecule has 5 nitrogen and oxygen atoms in total. The summed E-state index contributed by atoms with van der Waals surface area (Å²) in [6.07, 6.45) is 1.36. The van der Waals surface area contributed by atoms with Crippen molar-refractivity contribution in [3.05, 3.63) is 40.0 Å². The Labute approximate surface area is 111 Å². The van der Waals surface area contributed by atoms with Gasteiger partial charge in [-0.1, -0.05) is 11.6 Å². The van der Waals surface area contributed by atoms with Gasteiger partial charge in [-0.25, -0.2) is 0 Å². The van der Waals surface area contributed by atoms with E-state index in [0.29, 0.717) is 15.2 Å². The number of sulfonamides is 1. The van der Waals surface area contributed by atoms with E-state index in [0.717, 1.165) is 0 Å². The lowest BCUT2D eigenvalue weighted by atomic mass is 10.3. The number of rotatable bonds is 3. The number of anilines is 1. The summed E-state index contributed by atoms with van der Waals surface area (Å²) in [4.78, 5) is 0. The number of aromatic nitrogens is 2. The van der Waals surface area contributed by atoms with Gasteiger partial charge in [0.05, 0.1) is 11.9 Å². The molecule has 0 aliphatic rings. The van der Waals surface area contributed by atoms with Crippen LogP contribution in [0.5, 0.6) is 0 Å². The number of H-pyrrole nitrogens is 1. The first-order chi connectivity index (χ1) is 7.99. The lowest BCUT2D eigenvalue weighted by Gasteiger charge is -2.08. The molecule has 2 N–H and O–H groups in total. The fraction of sp³-hybridized carbons (Fsp3) is 0. The summed E-state index contributed by atoms with van der Waals surface area (Å²) < 4.78 is 26.8. The number of hydrogen-bond donors (Lipinski definition) is 2. The van der Waals surface area contributed by atoms with Gasteiger partial charge >= 0.3 is 0 Å². The van der Waals surface area contributed by atoms with Crippen molar-refractivity contribution in [2.75, 3.05) is 4.72 Å². The molecule has 0 saturated carbocycles. The van der Waals surface area contributed by atoms with Crippen LogP contribution >= 0.6 is 27.5 Å². The molecule has 0 unspecified atom stereocenters. The average molecular weight is 337 g/mol. The fourth-order valence-corrected chi connectivity index (χ4v) is 2.80. The van der Waals surface area contributed by atoms with Crippen LogP contribution in [0.25, 0.3) is 0 Å². The van der Waals surface area contributed by atoms with Gasteiger partial charge in [0, 0.05) is 9.50 Å². The Bertz CT molecular complexity index is 628. The number of nitrogens with zero attached hydrogens (tertiary/aromatic N) is 1. The van der Waals surface area contributed by atoms with E-state index in [9.17, 15) is 8.42 Å². The third-order valence-electron chi connectivity index (χ3n) is 1.94. The first kappa shape index (κ1) is 12.4. The Balaban J connectivity index is 2.36. The molecule has 0 spiro atoms. The zero-order valence-corrected chi connectivity index (χ0v) is 11.5. The van der Waals surface area contributed by atoms with Gasteiger partial charge in [0.25, 0.3) is 10.0 Å². The molecule has 2 rings (SSSR count). The van der Waals surface area contributed by atoms with E-state index in [1.807, 2.05) is 0 Å². The van der Waals surface area contributed by atoms with Crippen molar-refractivity contribution in [2.45, 2.75) is 5.03 Å². The smallest absolute Gasteiger partial charge is 0.277 e. The Morgan fingerprint density at radius 2 is 2.12 bits per heavy atom. The third kappa shape index (κ3) is 2.80. The number of halogens is 2. The van der Waals surface area contributed by atoms with Crippen molar-refractivity contribution in [3.8, 4) is 0 Å². The second-order valence-electron chi connectivity index (χ2n) is 3.15. The van der Waals surface area contributed by atoms with Crippen molar-refractivity contribution < 1.29 is 8.42 Å². The van der Waals surface area contributed by atoms with Crippen LogP contribution in [0.2, 0.25) is 5.02 Å². The lowest BCUT2D eigenvalue weighted by Crippen LogP contribution is -2.13. The highest BCUT2D eigenvalue weighted by molar-refractivity contribution is 9.10. The molecule has 1 heterocycles. The topological polar surface area (TPSA) is 74.8 Å². The zero-order valence-electron chi connectivity index (χ0n) is 8.31. The molecule has 0 atom stereocenters. The van der Waals surface area contributed by atoms with Crippen molar-refractivity contribution in [1.82, 2.24) is 10.2 Å². The molecule has 1 aromatic heterocycles. The second kappa shape index (κ2) is 4.67. The summed E-state index contributed by atoms with van der Waals surface area (Å²) in [6.45, 7) is 0. The summed E-state index contributed by atoms with van der Waals surface area (Å²) in [6, 6.07) is 6.19. The van der Waals surface area contributed by atoms with E-state index in [4.69, 9.17) is 11.6 Å². The van der Waals surface area contributed by atoms with Crippen molar-refractivity contribution in [2.24, 2.45) is 0 Å². The van der Waals surface area contributed by atoms with Crippen molar-refractivity contribution in [3.63, 3.8) is 0 Å². The number of benzene rings is 1.